The number of hydrogen-bond donors (Lipinski definition) is 2. The second kappa shape index (κ2) is 12.5. The minimum absolute atomic E-state index is 0.0794. The van der Waals surface area contributed by atoms with E-state index in [0.29, 0.717) is 32.5 Å². The van der Waals surface area contributed by atoms with Gasteiger partial charge >= 0.3 is 5.97 Å². The number of aryl methyl sites for hydroxylation is 1. The third kappa shape index (κ3) is 6.67. The molecule has 1 heterocycles. The van der Waals surface area contributed by atoms with E-state index in [9.17, 15) is 14.9 Å². The standard InChI is InChI=1S/C26H26ClN3O4S/c1-16-6-4-5-7-21(16)30-22(31)15-35-25-20(14-28)24(18-8-10-19(27)11-9-18)23(17(2)29-25)26(32)34-13-12-33-3/h4-11,24,29H,12-13,15H2,1-3H3,(H,30,31). The van der Waals surface area contributed by atoms with E-state index in [2.05, 4.69) is 16.7 Å². The van der Waals surface area contributed by atoms with E-state index in [1.54, 1.807) is 31.2 Å². The van der Waals surface area contributed by atoms with Gasteiger partial charge < -0.3 is 20.1 Å². The fourth-order valence-electron chi connectivity index (χ4n) is 3.62. The number of ether oxygens (including phenoxy) is 2. The van der Waals surface area contributed by atoms with Crippen LogP contribution in [0.5, 0.6) is 0 Å². The number of nitrogens with one attached hydrogen (secondary N) is 2. The number of halogens is 1. The molecule has 1 amide bonds. The van der Waals surface area contributed by atoms with Gasteiger partial charge in [-0.1, -0.05) is 53.7 Å². The third-order valence-corrected chi connectivity index (χ3v) is 6.63. The van der Waals surface area contributed by atoms with Crippen LogP contribution < -0.4 is 10.6 Å². The summed E-state index contributed by atoms with van der Waals surface area (Å²) in [4.78, 5) is 25.6. The molecule has 1 aliphatic rings. The number of nitriles is 1. The van der Waals surface area contributed by atoms with Crippen molar-refractivity contribution in [2.45, 2.75) is 19.8 Å². The minimum atomic E-state index is -0.671. The quantitative estimate of drug-likeness (QED) is 0.364. The van der Waals surface area contributed by atoms with Gasteiger partial charge in [0.2, 0.25) is 5.91 Å². The summed E-state index contributed by atoms with van der Waals surface area (Å²) in [5.74, 6) is -1.34. The van der Waals surface area contributed by atoms with E-state index in [0.717, 1.165) is 11.3 Å². The maximum atomic E-state index is 13.0. The summed E-state index contributed by atoms with van der Waals surface area (Å²) in [6.45, 7) is 4.01. The molecule has 0 aromatic heterocycles. The molecule has 9 heteroatoms. The first-order valence-corrected chi connectivity index (χ1v) is 12.2. The van der Waals surface area contributed by atoms with Crippen LogP contribution >= 0.6 is 23.4 Å². The van der Waals surface area contributed by atoms with Crippen LogP contribution in [0.2, 0.25) is 5.02 Å². The van der Waals surface area contributed by atoms with E-state index < -0.39 is 11.9 Å². The van der Waals surface area contributed by atoms with Gasteiger partial charge in [0, 0.05) is 23.5 Å². The largest absolute Gasteiger partial charge is 0.460 e. The molecule has 2 N–H and O–H groups in total. The Kier molecular flexibility index (Phi) is 9.38. The summed E-state index contributed by atoms with van der Waals surface area (Å²) in [6.07, 6.45) is 0. The van der Waals surface area contributed by atoms with Gasteiger partial charge in [0.1, 0.15) is 6.61 Å². The molecule has 0 bridgehead atoms. The smallest absolute Gasteiger partial charge is 0.336 e. The second-order valence-corrected chi connectivity index (χ2v) is 9.21. The number of amides is 1. The highest BCUT2D eigenvalue weighted by molar-refractivity contribution is 8.03. The molecule has 2 aromatic rings. The number of carbonyl (C=O) groups excluding carboxylic acids is 2. The third-order valence-electron chi connectivity index (χ3n) is 5.36. The molecular weight excluding hydrogens is 486 g/mol. The predicted molar refractivity (Wildman–Crippen MR) is 138 cm³/mol. The van der Waals surface area contributed by atoms with E-state index >= 15 is 0 Å². The molecule has 1 atom stereocenters. The Morgan fingerprint density at radius 3 is 2.51 bits per heavy atom. The summed E-state index contributed by atoms with van der Waals surface area (Å²) >= 11 is 7.27. The Morgan fingerprint density at radius 1 is 1.14 bits per heavy atom. The van der Waals surface area contributed by atoms with E-state index in [4.69, 9.17) is 21.1 Å². The fourth-order valence-corrected chi connectivity index (χ4v) is 4.64. The molecular formula is C26H26ClN3O4S. The fraction of sp³-hybridized carbons (Fsp3) is 0.269. The maximum absolute atomic E-state index is 13.0. The highest BCUT2D eigenvalue weighted by atomic mass is 35.5. The van der Waals surface area contributed by atoms with Crippen LogP contribution in [0.15, 0.2) is 70.4 Å². The number of para-hydroxylation sites is 1. The summed E-state index contributed by atoms with van der Waals surface area (Å²) in [5, 5.41) is 17.2. The minimum Gasteiger partial charge on any atom is -0.460 e. The topological polar surface area (TPSA) is 100 Å². The molecule has 0 saturated carbocycles. The van der Waals surface area contributed by atoms with Crippen molar-refractivity contribution < 1.29 is 19.1 Å². The SMILES string of the molecule is COCCOC(=O)C1=C(C)NC(SCC(=O)Nc2ccccc2C)=C(C#N)C1c1ccc(Cl)cc1. The lowest BCUT2D eigenvalue weighted by molar-refractivity contribution is -0.140. The predicted octanol–water partition coefficient (Wildman–Crippen LogP) is 4.91. The van der Waals surface area contributed by atoms with Crippen molar-refractivity contribution >= 4 is 40.9 Å². The van der Waals surface area contributed by atoms with Gasteiger partial charge in [0.05, 0.1) is 40.5 Å². The Hall–Kier alpha value is -3.25. The molecule has 1 unspecified atom stereocenters. The lowest BCUT2D eigenvalue weighted by Crippen LogP contribution is -2.29. The van der Waals surface area contributed by atoms with Gasteiger partial charge in [0.15, 0.2) is 0 Å². The zero-order valence-corrected chi connectivity index (χ0v) is 21.3. The summed E-state index contributed by atoms with van der Waals surface area (Å²) in [7, 11) is 1.52. The number of esters is 1. The number of methoxy groups -OCH3 is 1. The molecule has 7 nitrogen and oxygen atoms in total. The van der Waals surface area contributed by atoms with Gasteiger partial charge in [-0.15, -0.1) is 0 Å². The molecule has 0 aliphatic carbocycles. The van der Waals surface area contributed by atoms with Crippen molar-refractivity contribution in [3.63, 3.8) is 0 Å². The summed E-state index contributed by atoms with van der Waals surface area (Å²) in [6, 6.07) is 16.7. The monoisotopic (exact) mass is 511 g/mol. The number of thioether (sulfide) groups is 1. The van der Waals surface area contributed by atoms with Gasteiger partial charge in [-0.2, -0.15) is 5.26 Å². The van der Waals surface area contributed by atoms with Crippen LogP contribution in [-0.4, -0.2) is 38.0 Å². The summed E-state index contributed by atoms with van der Waals surface area (Å²) in [5.41, 5.74) is 3.61. The number of carbonyl (C=O) groups is 2. The first-order chi connectivity index (χ1) is 16.8. The van der Waals surface area contributed by atoms with E-state index in [1.165, 1.54) is 18.9 Å². The molecule has 3 rings (SSSR count). The van der Waals surface area contributed by atoms with Crippen LogP contribution in [0.25, 0.3) is 0 Å². The van der Waals surface area contributed by atoms with Gasteiger partial charge in [-0.05, 0) is 43.2 Å². The Balaban J connectivity index is 1.88. The van der Waals surface area contributed by atoms with Crippen molar-refractivity contribution in [2.24, 2.45) is 0 Å². The Bertz CT molecular complexity index is 1200. The number of hydrogen-bond acceptors (Lipinski definition) is 7. The number of anilines is 1. The number of allylic oxidation sites excluding steroid dienone is 2. The molecule has 35 heavy (non-hydrogen) atoms. The second-order valence-electron chi connectivity index (χ2n) is 7.78. The Labute approximate surface area is 214 Å². The number of nitrogens with zero attached hydrogens (tertiary/aromatic N) is 1. The number of dihydropyridines is 1. The zero-order valence-electron chi connectivity index (χ0n) is 19.7. The van der Waals surface area contributed by atoms with Gasteiger partial charge in [-0.25, -0.2) is 4.79 Å². The number of benzene rings is 2. The van der Waals surface area contributed by atoms with Crippen LogP contribution in [0.4, 0.5) is 5.69 Å². The molecule has 0 spiro atoms. The van der Waals surface area contributed by atoms with Crippen LogP contribution in [-0.2, 0) is 19.1 Å². The Morgan fingerprint density at radius 2 is 1.86 bits per heavy atom. The lowest BCUT2D eigenvalue weighted by atomic mass is 9.82. The van der Waals surface area contributed by atoms with Crippen molar-refractivity contribution in [1.29, 1.82) is 5.26 Å². The molecule has 0 fully saturated rings. The summed E-state index contributed by atoms with van der Waals surface area (Å²) < 4.78 is 10.3. The van der Waals surface area contributed by atoms with Gasteiger partial charge in [0.25, 0.3) is 0 Å². The van der Waals surface area contributed by atoms with Crippen LogP contribution in [0.3, 0.4) is 0 Å². The maximum Gasteiger partial charge on any atom is 0.336 e. The highest BCUT2D eigenvalue weighted by Gasteiger charge is 2.35. The average Bonchev–Trinajstić information content (AvgIpc) is 2.84. The van der Waals surface area contributed by atoms with Crippen molar-refractivity contribution in [3.05, 3.63) is 86.6 Å². The normalized spacial score (nSPS) is 15.3. The first-order valence-electron chi connectivity index (χ1n) is 10.9. The van der Waals surface area contributed by atoms with Gasteiger partial charge in [-0.3, -0.25) is 4.79 Å². The van der Waals surface area contributed by atoms with Crippen LogP contribution in [0, 0.1) is 18.3 Å². The van der Waals surface area contributed by atoms with E-state index in [1.807, 2.05) is 31.2 Å². The molecule has 2 aromatic carbocycles. The van der Waals surface area contributed by atoms with Crippen molar-refractivity contribution in [2.75, 3.05) is 31.4 Å². The molecule has 1 aliphatic heterocycles. The average molecular weight is 512 g/mol. The van der Waals surface area contributed by atoms with Crippen molar-refractivity contribution in [1.82, 2.24) is 5.32 Å². The van der Waals surface area contributed by atoms with Crippen LogP contribution in [0.1, 0.15) is 24.0 Å². The van der Waals surface area contributed by atoms with E-state index in [-0.39, 0.29) is 24.9 Å². The molecule has 0 radical (unpaired) electrons. The zero-order chi connectivity index (χ0) is 25.4. The van der Waals surface area contributed by atoms with Crippen molar-refractivity contribution in [3.8, 4) is 6.07 Å². The highest BCUT2D eigenvalue weighted by Crippen LogP contribution is 2.41. The lowest BCUT2D eigenvalue weighted by Gasteiger charge is -2.29. The molecule has 0 saturated heterocycles. The number of rotatable bonds is 9. The first kappa shape index (κ1) is 26.4. The molecule has 182 valence electrons.